The van der Waals surface area contributed by atoms with E-state index in [1.807, 2.05) is 27.7 Å². The van der Waals surface area contributed by atoms with Crippen LogP contribution in [0, 0.1) is 35.0 Å². The minimum Gasteiger partial charge on any atom is -0.462 e. The van der Waals surface area contributed by atoms with Crippen molar-refractivity contribution >= 4 is 17.9 Å². The zero-order chi connectivity index (χ0) is 29.5. The van der Waals surface area contributed by atoms with Crippen LogP contribution in [0.2, 0.25) is 0 Å². The first-order chi connectivity index (χ1) is 19.1. The van der Waals surface area contributed by atoms with Crippen LogP contribution in [0.5, 0.6) is 0 Å². The molecular weight excluding hydrogens is 532 g/mol. The maximum Gasteiger partial charge on any atom is 0.309 e. The molecule has 41 heavy (non-hydrogen) atoms. The van der Waals surface area contributed by atoms with Gasteiger partial charge in [0.2, 0.25) is 0 Å². The van der Waals surface area contributed by atoms with Gasteiger partial charge in [0.1, 0.15) is 23.9 Å². The fourth-order valence-electron chi connectivity index (χ4n) is 11.2. The lowest BCUT2D eigenvalue weighted by Crippen LogP contribution is -2.68. The van der Waals surface area contributed by atoms with Crippen molar-refractivity contribution in [2.45, 2.75) is 139 Å². The molecule has 0 amide bonds. The number of aliphatic hydroxyl groups excluding tert-OH is 1. The number of ether oxygens (including phenoxy) is 5. The number of carbonyl (C=O) groups excluding carboxylic acids is 3. The van der Waals surface area contributed by atoms with Gasteiger partial charge in [-0.05, 0) is 57.8 Å². The van der Waals surface area contributed by atoms with Gasteiger partial charge in [0, 0.05) is 30.6 Å². The highest BCUT2D eigenvalue weighted by Gasteiger charge is 2.80. The van der Waals surface area contributed by atoms with Gasteiger partial charge in [-0.1, -0.05) is 20.8 Å². The topological polar surface area (TPSA) is 138 Å². The van der Waals surface area contributed by atoms with Crippen LogP contribution in [0.15, 0.2) is 0 Å². The average Bonchev–Trinajstić information content (AvgIpc) is 3.52. The van der Waals surface area contributed by atoms with E-state index in [1.165, 1.54) is 6.92 Å². The summed E-state index contributed by atoms with van der Waals surface area (Å²) in [4.78, 5) is 37.6. The maximum atomic E-state index is 12.8. The van der Waals surface area contributed by atoms with Crippen LogP contribution >= 0.6 is 0 Å². The molecule has 0 aromatic rings. The Morgan fingerprint density at radius 3 is 2.44 bits per heavy atom. The molecule has 7 fully saturated rings. The molecule has 14 atom stereocenters. The van der Waals surface area contributed by atoms with Crippen LogP contribution in [-0.2, 0) is 38.1 Å². The van der Waals surface area contributed by atoms with E-state index in [2.05, 4.69) is 6.92 Å². The first-order valence-corrected chi connectivity index (χ1v) is 15.4. The van der Waals surface area contributed by atoms with Crippen molar-refractivity contribution in [3.63, 3.8) is 0 Å². The van der Waals surface area contributed by atoms with Gasteiger partial charge in [-0.15, -0.1) is 0 Å². The van der Waals surface area contributed by atoms with Crippen LogP contribution in [-0.4, -0.2) is 81.0 Å². The van der Waals surface area contributed by atoms with Crippen molar-refractivity contribution < 1.29 is 48.3 Å². The van der Waals surface area contributed by atoms with Crippen LogP contribution in [0.3, 0.4) is 0 Å². The molecule has 0 bridgehead atoms. The standard InChI is InChI=1S/C31H44O10/c1-14-9-18(38-26(14)35)24-15(2)17-10-21(33)28(6)25-19(37-16(3)32)11-20-27(4,5)39-22-12-23(34)40-30(20,22)13-29(25,36)7-8-31(17,28)41-24/h14-15,17-22,24-25,33,36H,7-13H2,1-6H3/t14-,15-,17+,18+,19+,20-,21-,22+,24+,25-,28+,29-,30+,31-/m0/s1. The maximum absolute atomic E-state index is 12.8. The number of cyclic esters (lactones) is 1. The predicted octanol–water partition coefficient (Wildman–Crippen LogP) is 2.44. The zero-order valence-corrected chi connectivity index (χ0v) is 24.9. The Morgan fingerprint density at radius 2 is 1.78 bits per heavy atom. The molecule has 0 unspecified atom stereocenters. The molecule has 0 radical (unpaired) electrons. The van der Waals surface area contributed by atoms with Crippen molar-refractivity contribution in [1.82, 2.24) is 0 Å². The minimum atomic E-state index is -1.42. The zero-order valence-electron chi connectivity index (χ0n) is 24.9. The van der Waals surface area contributed by atoms with E-state index >= 15 is 0 Å². The van der Waals surface area contributed by atoms with E-state index in [0.717, 1.165) is 0 Å². The summed E-state index contributed by atoms with van der Waals surface area (Å²) in [5.41, 5.74) is -4.95. The molecule has 4 heterocycles. The highest BCUT2D eigenvalue weighted by atomic mass is 16.6. The molecule has 3 aliphatic carbocycles. The van der Waals surface area contributed by atoms with Gasteiger partial charge >= 0.3 is 17.9 Å². The SMILES string of the molecule is CC(=O)O[C@@H]1C[C@H]2C(C)(C)O[C@@H]3CC(=O)O[C@@]32C[C@@]2(O)CC[C@]34O[C@@H]([C@H]5C[C@H](C)C(=O)O5)[C@@H](C)[C@H]3C[C@H](O)[C@]4(C)[C@H]12. The third-order valence-corrected chi connectivity index (χ3v) is 12.8. The molecule has 228 valence electrons. The molecule has 7 rings (SSSR count). The number of carbonyl (C=O) groups is 3. The molecule has 10 heteroatoms. The van der Waals surface area contributed by atoms with Crippen molar-refractivity contribution in [1.29, 1.82) is 0 Å². The van der Waals surface area contributed by atoms with E-state index < -0.39 is 58.0 Å². The number of fused-ring (bicyclic) bond motifs is 2. The number of aliphatic hydroxyl groups is 2. The molecule has 10 nitrogen and oxygen atoms in total. The summed E-state index contributed by atoms with van der Waals surface area (Å²) in [6.45, 7) is 11.3. The summed E-state index contributed by atoms with van der Waals surface area (Å²) >= 11 is 0. The van der Waals surface area contributed by atoms with E-state index in [-0.39, 0.29) is 60.7 Å². The first-order valence-electron chi connectivity index (χ1n) is 15.4. The molecule has 7 aliphatic rings. The minimum absolute atomic E-state index is 0.0178. The third-order valence-electron chi connectivity index (χ3n) is 12.8. The number of hydrogen-bond acceptors (Lipinski definition) is 10. The number of hydrogen-bond donors (Lipinski definition) is 2. The van der Waals surface area contributed by atoms with Gasteiger partial charge in [-0.2, -0.15) is 0 Å². The predicted molar refractivity (Wildman–Crippen MR) is 141 cm³/mol. The average molecular weight is 577 g/mol. The van der Waals surface area contributed by atoms with Crippen LogP contribution in [0.25, 0.3) is 0 Å². The molecule has 3 saturated carbocycles. The monoisotopic (exact) mass is 576 g/mol. The Kier molecular flexibility index (Phi) is 5.78. The molecule has 0 aromatic heterocycles. The van der Waals surface area contributed by atoms with Gasteiger partial charge in [0.25, 0.3) is 0 Å². The Morgan fingerprint density at radius 1 is 1.05 bits per heavy atom. The van der Waals surface area contributed by atoms with Crippen LogP contribution in [0.1, 0.15) is 86.5 Å². The van der Waals surface area contributed by atoms with E-state index in [4.69, 9.17) is 23.7 Å². The summed E-state index contributed by atoms with van der Waals surface area (Å²) in [7, 11) is 0. The fourth-order valence-corrected chi connectivity index (χ4v) is 11.2. The molecule has 2 spiro atoms. The molecule has 4 saturated heterocycles. The number of rotatable bonds is 2. The smallest absolute Gasteiger partial charge is 0.309 e. The van der Waals surface area contributed by atoms with Gasteiger partial charge in [-0.3, -0.25) is 14.4 Å². The first kappa shape index (κ1) is 28.0. The summed E-state index contributed by atoms with van der Waals surface area (Å²) in [6, 6.07) is 0. The fraction of sp³-hybridized carbons (Fsp3) is 0.903. The van der Waals surface area contributed by atoms with Crippen molar-refractivity contribution in [2.75, 3.05) is 0 Å². The number of esters is 3. The highest BCUT2D eigenvalue weighted by Crippen LogP contribution is 2.73. The van der Waals surface area contributed by atoms with Gasteiger partial charge < -0.3 is 33.9 Å². The van der Waals surface area contributed by atoms with Gasteiger partial charge in [0.15, 0.2) is 0 Å². The third kappa shape index (κ3) is 3.42. The Bertz CT molecular complexity index is 1190. The Labute approximate surface area is 240 Å². The van der Waals surface area contributed by atoms with Crippen LogP contribution in [0.4, 0.5) is 0 Å². The second-order valence-electron chi connectivity index (χ2n) is 15.1. The normalized spacial score (nSPS) is 56.6. The molecular formula is C31H44O10. The quantitative estimate of drug-likeness (QED) is 0.372. The Balaban J connectivity index is 1.34. The lowest BCUT2D eigenvalue weighted by atomic mass is 9.50. The molecule has 4 aliphatic heterocycles. The van der Waals surface area contributed by atoms with Crippen molar-refractivity contribution in [3.8, 4) is 0 Å². The summed E-state index contributed by atoms with van der Waals surface area (Å²) in [5.74, 6) is -2.24. The van der Waals surface area contributed by atoms with Crippen LogP contribution < -0.4 is 0 Å². The lowest BCUT2D eigenvalue weighted by Gasteiger charge is -2.60. The summed E-state index contributed by atoms with van der Waals surface area (Å²) in [5, 5.41) is 24.7. The lowest BCUT2D eigenvalue weighted by molar-refractivity contribution is -0.270. The van der Waals surface area contributed by atoms with Crippen molar-refractivity contribution in [2.24, 2.45) is 35.0 Å². The Hall–Kier alpha value is -1.75. The largest absolute Gasteiger partial charge is 0.462 e. The highest BCUT2D eigenvalue weighted by molar-refractivity contribution is 5.74. The summed E-state index contributed by atoms with van der Waals surface area (Å²) < 4.78 is 31.5. The van der Waals surface area contributed by atoms with Gasteiger partial charge in [0.05, 0.1) is 41.3 Å². The van der Waals surface area contributed by atoms with E-state index in [0.29, 0.717) is 32.1 Å². The van der Waals surface area contributed by atoms with Crippen molar-refractivity contribution in [3.05, 3.63) is 0 Å². The van der Waals surface area contributed by atoms with E-state index in [1.54, 1.807) is 0 Å². The molecule has 2 N–H and O–H groups in total. The second kappa shape index (κ2) is 8.45. The second-order valence-corrected chi connectivity index (χ2v) is 15.1. The van der Waals surface area contributed by atoms with E-state index in [9.17, 15) is 24.6 Å². The van der Waals surface area contributed by atoms with Gasteiger partial charge in [-0.25, -0.2) is 0 Å². The summed E-state index contributed by atoms with van der Waals surface area (Å²) in [6.07, 6.45) is -0.320. The molecule has 0 aromatic carbocycles.